The van der Waals surface area contributed by atoms with Gasteiger partial charge in [-0.2, -0.15) is 0 Å². The van der Waals surface area contributed by atoms with Gasteiger partial charge in [-0.25, -0.2) is 4.98 Å². The number of carbonyl (C=O) groups excluding carboxylic acids is 1. The molecule has 0 aliphatic rings. The molecule has 0 spiro atoms. The van der Waals surface area contributed by atoms with Gasteiger partial charge < -0.3 is 16.0 Å². The van der Waals surface area contributed by atoms with Crippen LogP contribution in [0.1, 0.15) is 21.1 Å². The van der Waals surface area contributed by atoms with Gasteiger partial charge in [0.05, 0.1) is 12.1 Å². The third kappa shape index (κ3) is 2.37. The molecule has 3 rings (SSSR count). The van der Waals surface area contributed by atoms with Crippen LogP contribution in [0.5, 0.6) is 0 Å². The van der Waals surface area contributed by atoms with Crippen molar-refractivity contribution in [2.24, 2.45) is 0 Å². The van der Waals surface area contributed by atoms with Gasteiger partial charge in [0.2, 0.25) is 0 Å². The van der Waals surface area contributed by atoms with Crippen molar-refractivity contribution >= 4 is 33.8 Å². The predicted molar refractivity (Wildman–Crippen MR) is 80.7 cm³/mol. The second-order valence-electron chi connectivity index (χ2n) is 4.57. The Labute approximate surface area is 119 Å². The number of fused-ring (bicyclic) bond motifs is 1. The van der Waals surface area contributed by atoms with E-state index in [4.69, 9.17) is 5.73 Å². The molecule has 3 aromatic rings. The van der Waals surface area contributed by atoms with E-state index < -0.39 is 0 Å². The number of H-pyrrole nitrogens is 1. The van der Waals surface area contributed by atoms with Crippen LogP contribution < -0.4 is 11.1 Å². The molecule has 2 aromatic heterocycles. The molecule has 0 fully saturated rings. The maximum atomic E-state index is 12.2. The van der Waals surface area contributed by atoms with E-state index >= 15 is 0 Å². The molecule has 0 bridgehead atoms. The SMILES string of the molecule is Cc1csc(CNC(=O)c2c[nH]c3cc(N)ccc23)n1. The average Bonchev–Trinajstić information content (AvgIpc) is 3.01. The Bertz CT molecular complexity index is 774. The Hall–Kier alpha value is -2.34. The van der Waals surface area contributed by atoms with E-state index in [1.165, 1.54) is 0 Å². The van der Waals surface area contributed by atoms with E-state index in [-0.39, 0.29) is 5.91 Å². The van der Waals surface area contributed by atoms with Gasteiger partial charge in [0.25, 0.3) is 5.91 Å². The van der Waals surface area contributed by atoms with E-state index in [0.717, 1.165) is 21.6 Å². The van der Waals surface area contributed by atoms with Gasteiger partial charge in [-0.1, -0.05) is 0 Å². The van der Waals surface area contributed by atoms with Crippen molar-refractivity contribution in [2.75, 3.05) is 5.73 Å². The first-order valence-electron chi connectivity index (χ1n) is 6.19. The normalized spacial score (nSPS) is 10.8. The van der Waals surface area contributed by atoms with Crippen LogP contribution in [0.4, 0.5) is 5.69 Å². The monoisotopic (exact) mass is 286 g/mol. The fraction of sp³-hybridized carbons (Fsp3) is 0.143. The summed E-state index contributed by atoms with van der Waals surface area (Å²) in [5.41, 5.74) is 8.84. The fourth-order valence-corrected chi connectivity index (χ4v) is 2.78. The van der Waals surface area contributed by atoms with E-state index in [1.54, 1.807) is 23.6 Å². The van der Waals surface area contributed by atoms with Gasteiger partial charge in [-0.05, 0) is 25.1 Å². The zero-order valence-electron chi connectivity index (χ0n) is 10.9. The van der Waals surface area contributed by atoms with Crippen LogP contribution in [0.3, 0.4) is 0 Å². The number of amides is 1. The maximum Gasteiger partial charge on any atom is 0.253 e. The number of nitrogens with one attached hydrogen (secondary N) is 2. The number of benzene rings is 1. The number of aromatic nitrogens is 2. The molecule has 0 saturated carbocycles. The fourth-order valence-electron chi connectivity index (χ4n) is 2.07. The molecule has 0 aliphatic carbocycles. The summed E-state index contributed by atoms with van der Waals surface area (Å²) in [6.45, 7) is 2.38. The molecule has 1 amide bonds. The molecule has 2 heterocycles. The second-order valence-corrected chi connectivity index (χ2v) is 5.52. The molecule has 102 valence electrons. The number of carbonyl (C=O) groups is 1. The third-order valence-corrected chi connectivity index (χ3v) is 3.98. The molecule has 5 nitrogen and oxygen atoms in total. The number of nitrogens with zero attached hydrogens (tertiary/aromatic N) is 1. The second kappa shape index (κ2) is 4.97. The smallest absolute Gasteiger partial charge is 0.253 e. The number of anilines is 1. The molecule has 1 aromatic carbocycles. The van der Waals surface area contributed by atoms with Gasteiger partial charge >= 0.3 is 0 Å². The average molecular weight is 286 g/mol. The molecular weight excluding hydrogens is 272 g/mol. The first kappa shape index (κ1) is 12.7. The standard InChI is InChI=1S/C14H14N4OS/c1-8-7-20-13(18-8)6-17-14(19)11-5-16-12-4-9(15)2-3-10(11)12/h2-5,7,16H,6,15H2,1H3,(H,17,19). The lowest BCUT2D eigenvalue weighted by atomic mass is 10.1. The Morgan fingerprint density at radius 3 is 3.10 bits per heavy atom. The number of nitrogen functional groups attached to an aromatic ring is 1. The highest BCUT2D eigenvalue weighted by Gasteiger charge is 2.12. The van der Waals surface area contributed by atoms with E-state index in [2.05, 4.69) is 15.3 Å². The quantitative estimate of drug-likeness (QED) is 0.647. The molecule has 0 atom stereocenters. The Morgan fingerprint density at radius 1 is 1.50 bits per heavy atom. The number of aromatic amines is 1. The zero-order chi connectivity index (χ0) is 14.1. The molecule has 0 radical (unpaired) electrons. The van der Waals surface area contributed by atoms with Crippen molar-refractivity contribution in [1.82, 2.24) is 15.3 Å². The number of rotatable bonds is 3. The Morgan fingerprint density at radius 2 is 2.35 bits per heavy atom. The lowest BCUT2D eigenvalue weighted by Gasteiger charge is -2.02. The highest BCUT2D eigenvalue weighted by atomic mass is 32.1. The van der Waals surface area contributed by atoms with Crippen molar-refractivity contribution < 1.29 is 4.79 Å². The number of nitrogens with two attached hydrogens (primary N) is 1. The molecule has 4 N–H and O–H groups in total. The summed E-state index contributed by atoms with van der Waals surface area (Å²) < 4.78 is 0. The summed E-state index contributed by atoms with van der Waals surface area (Å²) in [6.07, 6.45) is 1.70. The highest BCUT2D eigenvalue weighted by molar-refractivity contribution is 7.09. The summed E-state index contributed by atoms with van der Waals surface area (Å²) in [4.78, 5) is 19.6. The van der Waals surface area contributed by atoms with Crippen LogP contribution in [0.25, 0.3) is 10.9 Å². The van der Waals surface area contributed by atoms with E-state index in [1.807, 2.05) is 24.4 Å². The highest BCUT2D eigenvalue weighted by Crippen LogP contribution is 2.20. The third-order valence-electron chi connectivity index (χ3n) is 3.02. The van der Waals surface area contributed by atoms with Crippen LogP contribution in [0, 0.1) is 6.92 Å². The van der Waals surface area contributed by atoms with Crippen molar-refractivity contribution in [3.8, 4) is 0 Å². The molecule has 6 heteroatoms. The van der Waals surface area contributed by atoms with Crippen LogP contribution in [0.2, 0.25) is 0 Å². The largest absolute Gasteiger partial charge is 0.399 e. The number of thiazole rings is 1. The van der Waals surface area contributed by atoms with Crippen molar-refractivity contribution in [1.29, 1.82) is 0 Å². The molecular formula is C14H14N4OS. The summed E-state index contributed by atoms with van der Waals surface area (Å²) in [7, 11) is 0. The predicted octanol–water partition coefficient (Wildman–Crippen LogP) is 2.45. The van der Waals surface area contributed by atoms with Crippen LogP contribution in [-0.4, -0.2) is 15.9 Å². The molecule has 20 heavy (non-hydrogen) atoms. The summed E-state index contributed by atoms with van der Waals surface area (Å²) in [5.74, 6) is -0.117. The summed E-state index contributed by atoms with van der Waals surface area (Å²) in [5, 5.41) is 6.62. The van der Waals surface area contributed by atoms with E-state index in [0.29, 0.717) is 17.8 Å². The number of aryl methyl sites for hydroxylation is 1. The van der Waals surface area contributed by atoms with Gasteiger partial charge in [-0.15, -0.1) is 11.3 Å². The Balaban J connectivity index is 1.78. The maximum absolute atomic E-state index is 12.2. The van der Waals surface area contributed by atoms with Gasteiger partial charge in [0.15, 0.2) is 0 Å². The molecule has 0 unspecified atom stereocenters. The number of hydrogen-bond donors (Lipinski definition) is 3. The van der Waals surface area contributed by atoms with Crippen molar-refractivity contribution in [3.05, 3.63) is 46.0 Å². The molecule has 0 saturated heterocycles. The van der Waals surface area contributed by atoms with Gasteiger partial charge in [0.1, 0.15) is 5.01 Å². The lowest BCUT2D eigenvalue weighted by molar-refractivity contribution is 0.0952. The summed E-state index contributed by atoms with van der Waals surface area (Å²) in [6, 6.07) is 5.46. The minimum atomic E-state index is -0.117. The number of hydrogen-bond acceptors (Lipinski definition) is 4. The first-order valence-corrected chi connectivity index (χ1v) is 7.07. The minimum Gasteiger partial charge on any atom is -0.399 e. The topological polar surface area (TPSA) is 83.8 Å². The summed E-state index contributed by atoms with van der Waals surface area (Å²) >= 11 is 1.54. The van der Waals surface area contributed by atoms with Gasteiger partial charge in [0, 0.05) is 33.9 Å². The van der Waals surface area contributed by atoms with Crippen molar-refractivity contribution in [2.45, 2.75) is 13.5 Å². The van der Waals surface area contributed by atoms with E-state index in [9.17, 15) is 4.79 Å². The van der Waals surface area contributed by atoms with Crippen LogP contribution in [-0.2, 0) is 6.54 Å². The zero-order valence-corrected chi connectivity index (χ0v) is 11.8. The first-order chi connectivity index (χ1) is 9.63. The molecule has 0 aliphatic heterocycles. The Kier molecular flexibility index (Phi) is 3.15. The lowest BCUT2D eigenvalue weighted by Crippen LogP contribution is -2.22. The van der Waals surface area contributed by atoms with Crippen molar-refractivity contribution in [3.63, 3.8) is 0 Å². The van der Waals surface area contributed by atoms with Crippen LogP contribution in [0.15, 0.2) is 29.8 Å². The minimum absolute atomic E-state index is 0.117. The van der Waals surface area contributed by atoms with Crippen LogP contribution >= 0.6 is 11.3 Å². The van der Waals surface area contributed by atoms with Gasteiger partial charge in [-0.3, -0.25) is 4.79 Å².